The van der Waals surface area contributed by atoms with Crippen molar-refractivity contribution in [1.29, 1.82) is 0 Å². The predicted octanol–water partition coefficient (Wildman–Crippen LogP) is 2.83. The van der Waals surface area contributed by atoms with Gasteiger partial charge in [-0.05, 0) is 42.5 Å². The van der Waals surface area contributed by atoms with Crippen LogP contribution in [0.3, 0.4) is 0 Å². The van der Waals surface area contributed by atoms with Gasteiger partial charge in [0.1, 0.15) is 11.6 Å². The van der Waals surface area contributed by atoms with E-state index in [2.05, 4.69) is 5.32 Å². The van der Waals surface area contributed by atoms with Crippen LogP contribution in [0.15, 0.2) is 42.5 Å². The summed E-state index contributed by atoms with van der Waals surface area (Å²) < 4.78 is 18.4. The Hall–Kier alpha value is -2.56. The minimum Gasteiger partial charge on any atom is -0.496 e. The van der Waals surface area contributed by atoms with Gasteiger partial charge in [0.15, 0.2) is 0 Å². The molecule has 0 radical (unpaired) electrons. The van der Waals surface area contributed by atoms with Gasteiger partial charge in [-0.1, -0.05) is 0 Å². The van der Waals surface area contributed by atoms with Gasteiger partial charge in [-0.25, -0.2) is 4.39 Å². The average molecular weight is 302 g/mol. The SMILES string of the molecule is COc1ccc(F)cc1CNC(=O)c1ccc(N(C)C)cc1. The molecule has 0 unspecified atom stereocenters. The highest BCUT2D eigenvalue weighted by atomic mass is 19.1. The molecular weight excluding hydrogens is 283 g/mol. The number of amides is 1. The number of benzene rings is 2. The molecule has 0 spiro atoms. The van der Waals surface area contributed by atoms with E-state index in [-0.39, 0.29) is 18.3 Å². The fourth-order valence-corrected chi connectivity index (χ4v) is 2.07. The van der Waals surface area contributed by atoms with E-state index in [1.807, 2.05) is 31.1 Å². The highest BCUT2D eigenvalue weighted by molar-refractivity contribution is 5.94. The van der Waals surface area contributed by atoms with Crippen LogP contribution in [-0.4, -0.2) is 27.1 Å². The molecule has 0 saturated heterocycles. The van der Waals surface area contributed by atoms with Gasteiger partial charge in [0.2, 0.25) is 0 Å². The summed E-state index contributed by atoms with van der Waals surface area (Å²) in [6, 6.07) is 11.5. The molecular formula is C17H19FN2O2. The van der Waals surface area contributed by atoms with Crippen LogP contribution in [0.4, 0.5) is 10.1 Å². The molecule has 0 aliphatic carbocycles. The van der Waals surface area contributed by atoms with Crippen molar-refractivity contribution in [1.82, 2.24) is 5.32 Å². The molecule has 116 valence electrons. The van der Waals surface area contributed by atoms with Crippen molar-refractivity contribution in [3.05, 3.63) is 59.4 Å². The Morgan fingerprint density at radius 1 is 1.18 bits per heavy atom. The second kappa shape index (κ2) is 6.93. The monoisotopic (exact) mass is 302 g/mol. The molecule has 0 saturated carbocycles. The summed E-state index contributed by atoms with van der Waals surface area (Å²) >= 11 is 0. The number of hydrogen-bond acceptors (Lipinski definition) is 3. The molecule has 1 N–H and O–H groups in total. The van der Waals surface area contributed by atoms with Gasteiger partial charge in [0.05, 0.1) is 7.11 Å². The summed E-state index contributed by atoms with van der Waals surface area (Å²) in [5, 5.41) is 2.77. The summed E-state index contributed by atoms with van der Waals surface area (Å²) in [5.74, 6) is -0.0262. The largest absolute Gasteiger partial charge is 0.496 e. The van der Waals surface area contributed by atoms with Crippen LogP contribution in [-0.2, 0) is 6.54 Å². The number of nitrogens with zero attached hydrogens (tertiary/aromatic N) is 1. The maximum Gasteiger partial charge on any atom is 0.251 e. The third kappa shape index (κ3) is 3.75. The molecule has 0 fully saturated rings. The Labute approximate surface area is 129 Å². The summed E-state index contributed by atoms with van der Waals surface area (Å²) in [6.07, 6.45) is 0. The number of carbonyl (C=O) groups is 1. The third-order valence-electron chi connectivity index (χ3n) is 3.33. The van der Waals surface area contributed by atoms with Crippen molar-refractivity contribution in [3.63, 3.8) is 0 Å². The first-order valence-corrected chi connectivity index (χ1v) is 6.89. The highest BCUT2D eigenvalue weighted by Crippen LogP contribution is 2.19. The zero-order valence-corrected chi connectivity index (χ0v) is 12.9. The fraction of sp³-hybridized carbons (Fsp3) is 0.235. The number of methoxy groups -OCH3 is 1. The molecule has 5 heteroatoms. The summed E-state index contributed by atoms with van der Waals surface area (Å²) in [4.78, 5) is 14.1. The van der Waals surface area contributed by atoms with Crippen molar-refractivity contribution >= 4 is 11.6 Å². The third-order valence-corrected chi connectivity index (χ3v) is 3.33. The Bertz CT molecular complexity index is 654. The lowest BCUT2D eigenvalue weighted by Crippen LogP contribution is -2.23. The molecule has 0 aliphatic heterocycles. The zero-order chi connectivity index (χ0) is 16.1. The summed E-state index contributed by atoms with van der Waals surface area (Å²) in [7, 11) is 5.38. The molecule has 0 atom stereocenters. The van der Waals surface area contributed by atoms with E-state index < -0.39 is 0 Å². The first-order chi connectivity index (χ1) is 10.5. The number of rotatable bonds is 5. The smallest absolute Gasteiger partial charge is 0.251 e. The molecule has 1 amide bonds. The first-order valence-electron chi connectivity index (χ1n) is 6.89. The molecule has 4 nitrogen and oxygen atoms in total. The van der Waals surface area contributed by atoms with Gasteiger partial charge in [-0.2, -0.15) is 0 Å². The number of anilines is 1. The van der Waals surface area contributed by atoms with Crippen molar-refractivity contribution in [2.75, 3.05) is 26.1 Å². The van der Waals surface area contributed by atoms with E-state index in [4.69, 9.17) is 4.74 Å². The predicted molar refractivity (Wildman–Crippen MR) is 84.9 cm³/mol. The lowest BCUT2D eigenvalue weighted by molar-refractivity contribution is 0.0950. The number of ether oxygens (including phenoxy) is 1. The van der Waals surface area contributed by atoms with E-state index in [0.717, 1.165) is 5.69 Å². The Morgan fingerprint density at radius 2 is 1.86 bits per heavy atom. The zero-order valence-electron chi connectivity index (χ0n) is 12.9. The highest BCUT2D eigenvalue weighted by Gasteiger charge is 2.09. The minimum atomic E-state index is -0.361. The molecule has 0 aromatic heterocycles. The lowest BCUT2D eigenvalue weighted by Gasteiger charge is -2.13. The normalized spacial score (nSPS) is 10.2. The van der Waals surface area contributed by atoms with Gasteiger partial charge >= 0.3 is 0 Å². The van der Waals surface area contributed by atoms with Crippen LogP contribution in [0.5, 0.6) is 5.75 Å². The van der Waals surface area contributed by atoms with E-state index in [1.165, 1.54) is 19.2 Å². The fourth-order valence-electron chi connectivity index (χ4n) is 2.07. The van der Waals surface area contributed by atoms with Crippen LogP contribution in [0.2, 0.25) is 0 Å². The van der Waals surface area contributed by atoms with E-state index in [0.29, 0.717) is 16.9 Å². The Balaban J connectivity index is 2.05. The van der Waals surface area contributed by atoms with E-state index in [9.17, 15) is 9.18 Å². The van der Waals surface area contributed by atoms with Gasteiger partial charge in [0, 0.05) is 37.5 Å². The summed E-state index contributed by atoms with van der Waals surface area (Å²) in [5.41, 5.74) is 2.17. The molecule has 2 rings (SSSR count). The van der Waals surface area contributed by atoms with E-state index in [1.54, 1.807) is 18.2 Å². The number of hydrogen-bond donors (Lipinski definition) is 1. The number of carbonyl (C=O) groups excluding carboxylic acids is 1. The van der Waals surface area contributed by atoms with Crippen LogP contribution >= 0.6 is 0 Å². The van der Waals surface area contributed by atoms with Crippen LogP contribution < -0.4 is 15.0 Å². The molecule has 0 aliphatic rings. The quantitative estimate of drug-likeness (QED) is 0.923. The maximum absolute atomic E-state index is 13.3. The topological polar surface area (TPSA) is 41.6 Å². The molecule has 0 bridgehead atoms. The molecule has 22 heavy (non-hydrogen) atoms. The molecule has 2 aromatic carbocycles. The van der Waals surface area contributed by atoms with Gasteiger partial charge in [0.25, 0.3) is 5.91 Å². The first kappa shape index (κ1) is 15.8. The van der Waals surface area contributed by atoms with E-state index >= 15 is 0 Å². The van der Waals surface area contributed by atoms with Gasteiger partial charge in [-0.3, -0.25) is 4.79 Å². The molecule has 2 aromatic rings. The second-order valence-electron chi connectivity index (χ2n) is 5.08. The van der Waals surface area contributed by atoms with Crippen molar-refractivity contribution in [3.8, 4) is 5.75 Å². The standard InChI is InChI=1S/C17H19FN2O2/c1-20(2)15-7-4-12(5-8-15)17(21)19-11-13-10-14(18)6-9-16(13)22-3/h4-10H,11H2,1-3H3,(H,19,21). The summed E-state index contributed by atoms with van der Waals surface area (Å²) in [6.45, 7) is 0.204. The van der Waals surface area contributed by atoms with Crippen LogP contribution in [0, 0.1) is 5.82 Å². The van der Waals surface area contributed by atoms with Crippen molar-refractivity contribution < 1.29 is 13.9 Å². The van der Waals surface area contributed by atoms with Crippen molar-refractivity contribution in [2.45, 2.75) is 6.54 Å². The molecule has 0 heterocycles. The lowest BCUT2D eigenvalue weighted by atomic mass is 10.1. The number of nitrogens with one attached hydrogen (secondary N) is 1. The van der Waals surface area contributed by atoms with Crippen molar-refractivity contribution in [2.24, 2.45) is 0 Å². The average Bonchev–Trinajstić information content (AvgIpc) is 2.52. The van der Waals surface area contributed by atoms with Gasteiger partial charge < -0.3 is 15.0 Å². The second-order valence-corrected chi connectivity index (χ2v) is 5.08. The Kier molecular flexibility index (Phi) is 4.99. The van der Waals surface area contributed by atoms with Crippen LogP contribution in [0.1, 0.15) is 15.9 Å². The maximum atomic E-state index is 13.3. The number of halogens is 1. The van der Waals surface area contributed by atoms with Gasteiger partial charge in [-0.15, -0.1) is 0 Å². The van der Waals surface area contributed by atoms with Crippen LogP contribution in [0.25, 0.3) is 0 Å². The Morgan fingerprint density at radius 3 is 2.45 bits per heavy atom. The minimum absolute atomic E-state index is 0.204.